The Bertz CT molecular complexity index is 1910. The van der Waals surface area contributed by atoms with Crippen LogP contribution in [0.25, 0.3) is 0 Å². The number of benzene rings is 1. The first kappa shape index (κ1) is 51.4. The average molecular weight is 897 g/mol. The highest BCUT2D eigenvalue weighted by atomic mass is 32.2. The number of hydrogen-bond acceptors (Lipinski definition) is 15. The number of methoxy groups -OCH3 is 1. The van der Waals surface area contributed by atoms with E-state index in [0.29, 0.717) is 56.5 Å². The monoisotopic (exact) mass is 896 g/mol. The van der Waals surface area contributed by atoms with Crippen molar-refractivity contribution in [1.29, 1.82) is 0 Å². The lowest BCUT2D eigenvalue weighted by Gasteiger charge is -2.31. The van der Waals surface area contributed by atoms with Crippen LogP contribution in [0.15, 0.2) is 41.6 Å². The van der Waals surface area contributed by atoms with Crippen molar-refractivity contribution < 1.29 is 56.1 Å². The van der Waals surface area contributed by atoms with E-state index in [9.17, 15) is 37.2 Å². The number of aryl methyl sites for hydroxylation is 1. The molecule has 0 saturated carbocycles. The number of aromatic nitrogens is 6. The van der Waals surface area contributed by atoms with Crippen molar-refractivity contribution in [3.63, 3.8) is 0 Å². The number of carbonyl (C=O) groups excluding carboxylic acids is 4. The number of nitrogens with zero attached hydrogens (tertiary/aromatic N) is 7. The summed E-state index contributed by atoms with van der Waals surface area (Å²) in [5.41, 5.74) is 2.42. The fraction of sp³-hybridized carbons (Fsp3) is 0.641. The number of rotatable bonds is 33. The Kier molecular flexibility index (Phi) is 23.1. The first-order chi connectivity index (χ1) is 29.8. The molecule has 3 amide bonds. The van der Waals surface area contributed by atoms with Crippen LogP contribution in [0, 0.1) is 5.92 Å². The molecule has 23 heteroatoms. The zero-order valence-corrected chi connectivity index (χ0v) is 36.7. The predicted octanol–water partition coefficient (Wildman–Crippen LogP) is 1.39. The molecule has 346 valence electrons. The summed E-state index contributed by atoms with van der Waals surface area (Å²) < 4.78 is 65.7. The molecule has 3 rings (SSSR count). The van der Waals surface area contributed by atoms with E-state index in [4.69, 9.17) is 18.9 Å². The summed E-state index contributed by atoms with van der Waals surface area (Å²) in [6, 6.07) is 3.67. The van der Waals surface area contributed by atoms with Gasteiger partial charge in [-0.1, -0.05) is 37.1 Å². The lowest BCUT2D eigenvalue weighted by Crippen LogP contribution is -2.51. The van der Waals surface area contributed by atoms with E-state index in [0.717, 1.165) is 10.7 Å². The standard InChI is InChI=1S/C39H61FN10O11S/c1-29(2)37(39(54)45-55)50(62(56,57)34-14-12-33(58-4)13-15-34)27-32-26-48(46-44-32)18-20-60-22-24-61-23-21-59-19-17-41-38(53)35(11-7-5-6-9-30(3)51)42-36(52)28-49-25-31(43-47-49)10-8-16-40/h12-15,25-26,29,35,37,55H,5-11,16-24,27-28H2,1-4H3,(H,41,53)(H,42,52)(H,45,54)/t35?,37-/m1/s1. The summed E-state index contributed by atoms with van der Waals surface area (Å²) in [6.07, 6.45) is 6.76. The van der Waals surface area contributed by atoms with Crippen LogP contribution in [0.5, 0.6) is 5.75 Å². The van der Waals surface area contributed by atoms with Crippen LogP contribution in [0.2, 0.25) is 0 Å². The second kappa shape index (κ2) is 27.9. The Morgan fingerprint density at radius 2 is 1.50 bits per heavy atom. The SMILES string of the molecule is COc1ccc(S(=O)(=O)N(Cc2cn(CCOCCOCCOCCNC(=O)C(CCCCCC(C)=O)NC(=O)Cn3cc(CCCF)nn3)nn2)[C@@H](C(=O)NO)C(C)C)cc1. The molecule has 2 aromatic heterocycles. The number of ether oxygens (including phenoxy) is 4. The maximum atomic E-state index is 13.8. The minimum atomic E-state index is -4.25. The number of carbonyl (C=O) groups is 4. The van der Waals surface area contributed by atoms with Crippen LogP contribution < -0.4 is 20.9 Å². The van der Waals surface area contributed by atoms with Crippen LogP contribution in [0.3, 0.4) is 0 Å². The molecule has 0 aliphatic carbocycles. The highest BCUT2D eigenvalue weighted by molar-refractivity contribution is 7.89. The third-order valence-corrected chi connectivity index (χ3v) is 11.1. The number of alkyl halides is 1. The van der Waals surface area contributed by atoms with Crippen molar-refractivity contribution in [3.05, 3.63) is 48.0 Å². The zero-order valence-electron chi connectivity index (χ0n) is 35.9. The number of halogens is 1. The molecule has 3 aromatic rings. The fourth-order valence-corrected chi connectivity index (χ4v) is 7.82. The summed E-state index contributed by atoms with van der Waals surface area (Å²) in [6.45, 7) is 6.01. The molecule has 21 nitrogen and oxygen atoms in total. The van der Waals surface area contributed by atoms with Gasteiger partial charge in [0, 0.05) is 25.4 Å². The minimum absolute atomic E-state index is 0.0728. The molecular weight excluding hydrogens is 836 g/mol. The normalized spacial score (nSPS) is 12.6. The van der Waals surface area contributed by atoms with E-state index in [1.165, 1.54) is 47.7 Å². The van der Waals surface area contributed by atoms with Gasteiger partial charge in [0.15, 0.2) is 0 Å². The van der Waals surface area contributed by atoms with Gasteiger partial charge in [-0.3, -0.25) is 24.0 Å². The van der Waals surface area contributed by atoms with E-state index < -0.39 is 46.5 Å². The molecule has 62 heavy (non-hydrogen) atoms. The van der Waals surface area contributed by atoms with Crippen LogP contribution in [0.4, 0.5) is 4.39 Å². The average Bonchev–Trinajstić information content (AvgIpc) is 3.90. The van der Waals surface area contributed by atoms with Gasteiger partial charge in [0.1, 0.15) is 30.2 Å². The van der Waals surface area contributed by atoms with Gasteiger partial charge >= 0.3 is 0 Å². The number of hydrogen-bond donors (Lipinski definition) is 4. The predicted molar refractivity (Wildman–Crippen MR) is 220 cm³/mol. The van der Waals surface area contributed by atoms with Gasteiger partial charge in [0.05, 0.1) is 82.8 Å². The molecule has 0 saturated heterocycles. The fourth-order valence-electron chi connectivity index (χ4n) is 6.13. The van der Waals surface area contributed by atoms with E-state index in [2.05, 4.69) is 31.3 Å². The third kappa shape index (κ3) is 18.2. The molecule has 0 aliphatic rings. The molecule has 2 atom stereocenters. The summed E-state index contributed by atoms with van der Waals surface area (Å²) >= 11 is 0. The Labute approximate surface area is 361 Å². The minimum Gasteiger partial charge on any atom is -0.497 e. The number of sulfonamides is 1. The molecule has 0 spiro atoms. The largest absolute Gasteiger partial charge is 0.497 e. The Morgan fingerprint density at radius 1 is 0.855 bits per heavy atom. The van der Waals surface area contributed by atoms with Gasteiger partial charge in [-0.05, 0) is 62.8 Å². The lowest BCUT2D eigenvalue weighted by molar-refractivity contribution is -0.134. The Morgan fingerprint density at radius 3 is 2.15 bits per heavy atom. The smallest absolute Gasteiger partial charge is 0.262 e. The van der Waals surface area contributed by atoms with E-state index >= 15 is 0 Å². The number of unbranched alkanes of at least 4 members (excludes halogenated alkanes) is 2. The molecular formula is C39H61FN10O11S. The third-order valence-electron chi connectivity index (χ3n) is 9.28. The molecule has 1 aromatic carbocycles. The van der Waals surface area contributed by atoms with Crippen molar-refractivity contribution in [2.24, 2.45) is 5.92 Å². The molecule has 0 radical (unpaired) electrons. The molecule has 0 aliphatic heterocycles. The van der Waals surface area contributed by atoms with E-state index in [-0.39, 0.29) is 81.6 Å². The molecule has 2 heterocycles. The first-order valence-electron chi connectivity index (χ1n) is 20.5. The van der Waals surface area contributed by atoms with Crippen molar-refractivity contribution in [2.45, 2.75) is 102 Å². The van der Waals surface area contributed by atoms with Gasteiger partial charge < -0.3 is 34.4 Å². The highest BCUT2D eigenvalue weighted by Crippen LogP contribution is 2.26. The molecule has 0 bridgehead atoms. The second-order valence-electron chi connectivity index (χ2n) is 14.6. The maximum absolute atomic E-state index is 13.8. The van der Waals surface area contributed by atoms with Crippen LogP contribution in [0.1, 0.15) is 70.7 Å². The quantitative estimate of drug-likeness (QED) is 0.0383. The number of amides is 3. The topological polar surface area (TPSA) is 260 Å². The molecule has 1 unspecified atom stereocenters. The highest BCUT2D eigenvalue weighted by Gasteiger charge is 2.38. The van der Waals surface area contributed by atoms with E-state index in [1.54, 1.807) is 31.7 Å². The van der Waals surface area contributed by atoms with Crippen molar-refractivity contribution in [3.8, 4) is 5.75 Å². The Hall–Kier alpha value is -4.94. The summed E-state index contributed by atoms with van der Waals surface area (Å²) in [5.74, 6) is -1.63. The van der Waals surface area contributed by atoms with Crippen molar-refractivity contribution >= 4 is 33.5 Å². The van der Waals surface area contributed by atoms with Crippen LogP contribution in [-0.4, -0.2) is 143 Å². The summed E-state index contributed by atoms with van der Waals surface area (Å²) in [4.78, 5) is 49.6. The van der Waals surface area contributed by atoms with Gasteiger partial charge in [-0.2, -0.15) is 4.31 Å². The first-order valence-corrected chi connectivity index (χ1v) is 22.0. The Balaban J connectivity index is 1.35. The number of hydroxylamine groups is 1. The maximum Gasteiger partial charge on any atom is 0.262 e. The van der Waals surface area contributed by atoms with E-state index in [1.807, 2.05) is 0 Å². The number of nitrogens with one attached hydrogen (secondary N) is 3. The van der Waals surface area contributed by atoms with Gasteiger partial charge in [-0.25, -0.2) is 23.3 Å². The van der Waals surface area contributed by atoms with Gasteiger partial charge in [-0.15, -0.1) is 10.2 Å². The summed E-state index contributed by atoms with van der Waals surface area (Å²) in [7, 11) is -2.79. The van der Waals surface area contributed by atoms with Crippen LogP contribution in [-0.2, 0) is 69.5 Å². The van der Waals surface area contributed by atoms with Gasteiger partial charge in [0.25, 0.3) is 5.91 Å². The van der Waals surface area contributed by atoms with Gasteiger partial charge in [0.2, 0.25) is 21.8 Å². The molecule has 4 N–H and O–H groups in total. The van der Waals surface area contributed by atoms with Crippen LogP contribution >= 0.6 is 0 Å². The zero-order chi connectivity index (χ0) is 45.3. The number of Topliss-reactive ketones (excluding diaryl/α,β-unsaturated/α-hetero) is 1. The lowest BCUT2D eigenvalue weighted by atomic mass is 10.0. The molecule has 0 fully saturated rings. The van der Waals surface area contributed by atoms with Crippen molar-refractivity contribution in [2.75, 3.05) is 60.0 Å². The summed E-state index contributed by atoms with van der Waals surface area (Å²) in [5, 5.41) is 31.0. The van der Waals surface area contributed by atoms with Crippen molar-refractivity contribution in [1.82, 2.24) is 50.4 Å². The number of ketones is 1. The second-order valence-corrected chi connectivity index (χ2v) is 16.5.